The predicted molar refractivity (Wildman–Crippen MR) is 93.2 cm³/mol. The number of para-hydroxylation sites is 1. The Morgan fingerprint density at radius 1 is 1.12 bits per heavy atom. The largest absolute Gasteiger partial charge is 0.382 e. The smallest absolute Gasteiger partial charge is 0.253 e. The van der Waals surface area contributed by atoms with Crippen molar-refractivity contribution in [3.8, 4) is 0 Å². The van der Waals surface area contributed by atoms with Crippen LogP contribution in [0.15, 0.2) is 48.8 Å². The van der Waals surface area contributed by atoms with Crippen LogP contribution in [0.4, 0.5) is 5.69 Å². The monoisotopic (exact) mass is 343 g/mol. The lowest BCUT2D eigenvalue weighted by atomic mass is 10.1. The summed E-state index contributed by atoms with van der Waals surface area (Å²) in [6, 6.07) is 10.7. The Labute approximate surface area is 146 Å². The van der Waals surface area contributed by atoms with Crippen molar-refractivity contribution in [2.45, 2.75) is 6.54 Å². The Hall–Kier alpha value is -2.77. The maximum atomic E-state index is 12.1. The first-order valence-electron chi connectivity index (χ1n) is 7.83. The molecule has 2 amide bonds. The lowest BCUT2D eigenvalue weighted by Gasteiger charge is -2.12. The number of aromatic nitrogens is 1. The molecule has 1 heterocycles. The Kier molecular flexibility index (Phi) is 7.55. The van der Waals surface area contributed by atoms with Gasteiger partial charge in [0, 0.05) is 31.7 Å². The van der Waals surface area contributed by atoms with Crippen molar-refractivity contribution in [2.75, 3.05) is 32.2 Å². The molecular formula is C18H21N3O4. The number of benzene rings is 1. The summed E-state index contributed by atoms with van der Waals surface area (Å²) >= 11 is 0. The zero-order chi connectivity index (χ0) is 17.9. The van der Waals surface area contributed by atoms with E-state index in [2.05, 4.69) is 15.6 Å². The first-order valence-corrected chi connectivity index (χ1v) is 7.83. The molecule has 0 spiro atoms. The summed E-state index contributed by atoms with van der Waals surface area (Å²) in [5.41, 5.74) is 1.91. The fourth-order valence-electron chi connectivity index (χ4n) is 2.06. The zero-order valence-electron chi connectivity index (χ0n) is 14.0. The Morgan fingerprint density at radius 3 is 2.72 bits per heavy atom. The number of pyridine rings is 1. The third-order valence-electron chi connectivity index (χ3n) is 3.32. The molecular weight excluding hydrogens is 322 g/mol. The summed E-state index contributed by atoms with van der Waals surface area (Å²) in [7, 11) is 1.57. The first kappa shape index (κ1) is 18.6. The van der Waals surface area contributed by atoms with Gasteiger partial charge in [0.25, 0.3) is 5.91 Å². The number of hydrogen-bond acceptors (Lipinski definition) is 5. The summed E-state index contributed by atoms with van der Waals surface area (Å²) in [4.78, 5) is 27.9. The SMILES string of the molecule is COCCOCC(=O)Nc1ccccc1CNC(=O)c1cccnc1. The van der Waals surface area contributed by atoms with Crippen LogP contribution in [-0.2, 0) is 20.8 Å². The van der Waals surface area contributed by atoms with Crippen LogP contribution < -0.4 is 10.6 Å². The molecule has 0 aliphatic heterocycles. The first-order chi connectivity index (χ1) is 12.2. The van der Waals surface area contributed by atoms with Gasteiger partial charge in [0.05, 0.1) is 18.8 Å². The van der Waals surface area contributed by atoms with Gasteiger partial charge in [-0.2, -0.15) is 0 Å². The summed E-state index contributed by atoms with van der Waals surface area (Å²) in [5, 5.41) is 5.59. The second-order valence-corrected chi connectivity index (χ2v) is 5.18. The molecule has 2 N–H and O–H groups in total. The summed E-state index contributed by atoms with van der Waals surface area (Å²) in [6.07, 6.45) is 3.11. The summed E-state index contributed by atoms with van der Waals surface area (Å²) < 4.78 is 10.0. The van der Waals surface area contributed by atoms with Crippen LogP contribution in [-0.4, -0.2) is 43.7 Å². The quantitative estimate of drug-likeness (QED) is 0.675. The van der Waals surface area contributed by atoms with Crippen LogP contribution >= 0.6 is 0 Å². The molecule has 0 aliphatic carbocycles. The maximum Gasteiger partial charge on any atom is 0.253 e. The highest BCUT2D eigenvalue weighted by Crippen LogP contribution is 2.15. The Bertz CT molecular complexity index is 692. The number of anilines is 1. The topological polar surface area (TPSA) is 89.5 Å². The highest BCUT2D eigenvalue weighted by atomic mass is 16.5. The molecule has 25 heavy (non-hydrogen) atoms. The minimum atomic E-state index is -0.262. The number of carbonyl (C=O) groups excluding carboxylic acids is 2. The molecule has 0 atom stereocenters. The van der Waals surface area contributed by atoms with Gasteiger partial charge in [-0.25, -0.2) is 0 Å². The highest BCUT2D eigenvalue weighted by molar-refractivity contribution is 5.94. The molecule has 0 aliphatic rings. The van der Waals surface area contributed by atoms with E-state index in [-0.39, 0.29) is 25.0 Å². The number of carbonyl (C=O) groups is 2. The van der Waals surface area contributed by atoms with E-state index in [1.54, 1.807) is 31.5 Å². The molecule has 7 nitrogen and oxygen atoms in total. The molecule has 0 bridgehead atoms. The van der Waals surface area contributed by atoms with Crippen molar-refractivity contribution in [3.63, 3.8) is 0 Å². The third-order valence-corrected chi connectivity index (χ3v) is 3.32. The Balaban J connectivity index is 1.89. The average molecular weight is 343 g/mol. The van der Waals surface area contributed by atoms with Gasteiger partial charge in [-0.3, -0.25) is 14.6 Å². The standard InChI is InChI=1S/C18H21N3O4/c1-24-9-10-25-13-17(22)21-16-7-3-2-5-14(16)12-20-18(23)15-6-4-8-19-11-15/h2-8,11H,9-10,12-13H2,1H3,(H,20,23)(H,21,22). The minimum absolute atomic E-state index is 0.0558. The van der Waals surface area contributed by atoms with Crippen LogP contribution in [0.3, 0.4) is 0 Å². The number of nitrogens with one attached hydrogen (secondary N) is 2. The van der Waals surface area contributed by atoms with Crippen molar-refractivity contribution >= 4 is 17.5 Å². The third kappa shape index (κ3) is 6.33. The molecule has 0 fully saturated rings. The van der Waals surface area contributed by atoms with Gasteiger partial charge in [-0.1, -0.05) is 18.2 Å². The maximum absolute atomic E-state index is 12.1. The van der Waals surface area contributed by atoms with E-state index < -0.39 is 0 Å². The zero-order valence-corrected chi connectivity index (χ0v) is 14.0. The molecule has 2 aromatic rings. The molecule has 1 aromatic heterocycles. The van der Waals surface area contributed by atoms with E-state index in [1.807, 2.05) is 18.2 Å². The van der Waals surface area contributed by atoms with Gasteiger partial charge in [-0.05, 0) is 23.8 Å². The van der Waals surface area contributed by atoms with E-state index >= 15 is 0 Å². The van der Waals surface area contributed by atoms with Gasteiger partial charge in [0.2, 0.25) is 5.91 Å². The van der Waals surface area contributed by atoms with Crippen LogP contribution in [0.2, 0.25) is 0 Å². The fourth-order valence-corrected chi connectivity index (χ4v) is 2.06. The lowest BCUT2D eigenvalue weighted by molar-refractivity contribution is -0.121. The number of rotatable bonds is 9. The van der Waals surface area contributed by atoms with Crippen molar-refractivity contribution in [1.82, 2.24) is 10.3 Å². The number of ether oxygens (including phenoxy) is 2. The van der Waals surface area contributed by atoms with Crippen LogP contribution in [0, 0.1) is 0 Å². The summed E-state index contributed by atoms with van der Waals surface area (Å²) in [6.45, 7) is 1.02. The molecule has 0 saturated heterocycles. The second kappa shape index (κ2) is 10.2. The molecule has 132 valence electrons. The van der Waals surface area contributed by atoms with Gasteiger partial charge in [-0.15, -0.1) is 0 Å². The normalized spacial score (nSPS) is 10.3. The van der Waals surface area contributed by atoms with E-state index in [0.29, 0.717) is 24.5 Å². The fraction of sp³-hybridized carbons (Fsp3) is 0.278. The van der Waals surface area contributed by atoms with E-state index in [4.69, 9.17) is 9.47 Å². The minimum Gasteiger partial charge on any atom is -0.382 e. The highest BCUT2D eigenvalue weighted by Gasteiger charge is 2.09. The van der Waals surface area contributed by atoms with Gasteiger partial charge in [0.1, 0.15) is 6.61 Å². The van der Waals surface area contributed by atoms with Gasteiger partial charge in [0.15, 0.2) is 0 Å². The number of amides is 2. The van der Waals surface area contributed by atoms with Gasteiger partial charge >= 0.3 is 0 Å². The molecule has 0 saturated carbocycles. The second-order valence-electron chi connectivity index (χ2n) is 5.18. The van der Waals surface area contributed by atoms with Crippen LogP contribution in [0.5, 0.6) is 0 Å². The van der Waals surface area contributed by atoms with Crippen molar-refractivity contribution in [3.05, 3.63) is 59.9 Å². The number of nitrogens with zero attached hydrogens (tertiary/aromatic N) is 1. The number of hydrogen-bond donors (Lipinski definition) is 2. The van der Waals surface area contributed by atoms with E-state index in [9.17, 15) is 9.59 Å². The van der Waals surface area contributed by atoms with Crippen molar-refractivity contribution in [2.24, 2.45) is 0 Å². The van der Waals surface area contributed by atoms with Crippen molar-refractivity contribution < 1.29 is 19.1 Å². The van der Waals surface area contributed by atoms with Crippen molar-refractivity contribution in [1.29, 1.82) is 0 Å². The Morgan fingerprint density at radius 2 is 1.96 bits per heavy atom. The van der Waals surface area contributed by atoms with Crippen LogP contribution in [0.25, 0.3) is 0 Å². The van der Waals surface area contributed by atoms with E-state index in [1.165, 1.54) is 6.20 Å². The molecule has 0 unspecified atom stereocenters. The lowest BCUT2D eigenvalue weighted by Crippen LogP contribution is -2.25. The average Bonchev–Trinajstić information content (AvgIpc) is 2.65. The molecule has 1 aromatic carbocycles. The predicted octanol–water partition coefficient (Wildman–Crippen LogP) is 1.61. The summed E-state index contributed by atoms with van der Waals surface area (Å²) in [5.74, 6) is -0.487. The molecule has 0 radical (unpaired) electrons. The van der Waals surface area contributed by atoms with Crippen LogP contribution in [0.1, 0.15) is 15.9 Å². The van der Waals surface area contributed by atoms with Gasteiger partial charge < -0.3 is 20.1 Å². The molecule has 2 rings (SSSR count). The number of methoxy groups -OCH3 is 1. The molecule has 7 heteroatoms. The van der Waals surface area contributed by atoms with E-state index in [0.717, 1.165) is 5.56 Å².